The summed E-state index contributed by atoms with van der Waals surface area (Å²) in [7, 11) is 0. The van der Waals surface area contributed by atoms with Crippen LogP contribution in [0.15, 0.2) is 0 Å². The van der Waals surface area contributed by atoms with E-state index in [0.29, 0.717) is 6.04 Å². The third-order valence-corrected chi connectivity index (χ3v) is 4.37. The van der Waals surface area contributed by atoms with Crippen LogP contribution in [0.5, 0.6) is 0 Å². The largest absolute Gasteiger partial charge is 0.368 e. The van der Waals surface area contributed by atoms with E-state index < -0.39 is 0 Å². The topological polar surface area (TPSA) is 55.1 Å². The highest BCUT2D eigenvalue weighted by Crippen LogP contribution is 2.49. The number of carbonyl (C=O) groups is 1. The molecular weight excluding hydrogens is 188 g/mol. The Kier molecular flexibility index (Phi) is 3.01. The normalized spacial score (nSPS) is 37.9. The summed E-state index contributed by atoms with van der Waals surface area (Å²) in [5.74, 6) is 2.39. The fraction of sp³-hybridized carbons (Fsp3) is 0.917. The highest BCUT2D eigenvalue weighted by atomic mass is 16.1. The summed E-state index contributed by atoms with van der Waals surface area (Å²) >= 11 is 0. The van der Waals surface area contributed by atoms with E-state index in [0.717, 1.165) is 17.8 Å². The quantitative estimate of drug-likeness (QED) is 0.734. The number of fused-ring (bicyclic) bond motifs is 2. The van der Waals surface area contributed by atoms with Crippen LogP contribution < -0.4 is 11.1 Å². The molecule has 2 saturated carbocycles. The van der Waals surface area contributed by atoms with Crippen molar-refractivity contribution in [3.05, 3.63) is 0 Å². The van der Waals surface area contributed by atoms with Gasteiger partial charge in [0, 0.05) is 6.04 Å². The number of nitrogens with two attached hydrogens (primary N) is 1. The molecule has 2 fully saturated rings. The first-order chi connectivity index (χ1) is 7.08. The van der Waals surface area contributed by atoms with E-state index in [9.17, 15) is 4.79 Å². The van der Waals surface area contributed by atoms with Crippen molar-refractivity contribution < 1.29 is 4.79 Å². The molecule has 86 valence electrons. The lowest BCUT2D eigenvalue weighted by Crippen LogP contribution is -2.47. The Hall–Kier alpha value is -0.570. The third-order valence-electron chi connectivity index (χ3n) is 4.37. The second kappa shape index (κ2) is 4.12. The molecule has 0 saturated heterocycles. The van der Waals surface area contributed by atoms with Gasteiger partial charge in [-0.1, -0.05) is 6.42 Å². The Morgan fingerprint density at radius 2 is 2.07 bits per heavy atom. The van der Waals surface area contributed by atoms with Gasteiger partial charge in [-0.3, -0.25) is 4.79 Å². The van der Waals surface area contributed by atoms with Crippen molar-refractivity contribution in [3.63, 3.8) is 0 Å². The van der Waals surface area contributed by atoms with Gasteiger partial charge in [0.2, 0.25) is 5.91 Å². The molecule has 0 aromatic rings. The zero-order valence-corrected chi connectivity index (χ0v) is 9.70. The predicted molar refractivity (Wildman–Crippen MR) is 60.2 cm³/mol. The molecule has 5 atom stereocenters. The van der Waals surface area contributed by atoms with E-state index in [4.69, 9.17) is 5.73 Å². The monoisotopic (exact) mass is 210 g/mol. The second-order valence-corrected chi connectivity index (χ2v) is 5.42. The Bertz CT molecular complexity index is 254. The van der Waals surface area contributed by atoms with Crippen LogP contribution in [-0.4, -0.2) is 18.0 Å². The molecular formula is C12H22N2O. The van der Waals surface area contributed by atoms with Crippen molar-refractivity contribution >= 4 is 5.91 Å². The Morgan fingerprint density at radius 3 is 2.53 bits per heavy atom. The highest BCUT2D eigenvalue weighted by Gasteiger charge is 2.41. The number of primary amides is 1. The molecule has 3 nitrogen and oxygen atoms in total. The molecule has 0 aliphatic heterocycles. The molecule has 5 unspecified atom stereocenters. The molecule has 2 rings (SSSR count). The van der Waals surface area contributed by atoms with Gasteiger partial charge >= 0.3 is 0 Å². The minimum Gasteiger partial charge on any atom is -0.368 e. The Labute approximate surface area is 91.8 Å². The summed E-state index contributed by atoms with van der Waals surface area (Å²) in [4.78, 5) is 11.0. The maximum absolute atomic E-state index is 11.0. The summed E-state index contributed by atoms with van der Waals surface area (Å²) in [6, 6.07) is 0.238. The van der Waals surface area contributed by atoms with Crippen molar-refractivity contribution in [2.24, 2.45) is 23.5 Å². The van der Waals surface area contributed by atoms with E-state index in [1.165, 1.54) is 25.7 Å². The number of nitrogens with one attached hydrogen (secondary N) is 1. The first-order valence-corrected chi connectivity index (χ1v) is 6.13. The van der Waals surface area contributed by atoms with Gasteiger partial charge < -0.3 is 11.1 Å². The second-order valence-electron chi connectivity index (χ2n) is 5.42. The molecule has 2 aliphatic carbocycles. The summed E-state index contributed by atoms with van der Waals surface area (Å²) in [6.45, 7) is 4.05. The molecule has 3 heteroatoms. The third kappa shape index (κ3) is 2.17. The SMILES string of the molecule is CC(NC(C)C1CC2CCC1C2)C(N)=O. The molecule has 0 heterocycles. The molecule has 2 bridgehead atoms. The van der Waals surface area contributed by atoms with Crippen LogP contribution in [0.1, 0.15) is 39.5 Å². The van der Waals surface area contributed by atoms with E-state index in [1.807, 2.05) is 6.92 Å². The van der Waals surface area contributed by atoms with E-state index in [-0.39, 0.29) is 11.9 Å². The van der Waals surface area contributed by atoms with Gasteiger partial charge in [-0.2, -0.15) is 0 Å². The van der Waals surface area contributed by atoms with Gasteiger partial charge in [-0.05, 0) is 50.9 Å². The number of hydrogen-bond donors (Lipinski definition) is 2. The van der Waals surface area contributed by atoms with Gasteiger partial charge in [0.05, 0.1) is 6.04 Å². The van der Waals surface area contributed by atoms with Crippen LogP contribution in [0.25, 0.3) is 0 Å². The smallest absolute Gasteiger partial charge is 0.234 e. The lowest BCUT2D eigenvalue weighted by atomic mass is 9.84. The van der Waals surface area contributed by atoms with Crippen LogP contribution in [0.3, 0.4) is 0 Å². The minimum atomic E-state index is -0.245. The molecule has 1 amide bonds. The van der Waals surface area contributed by atoms with Crippen LogP contribution in [0.2, 0.25) is 0 Å². The van der Waals surface area contributed by atoms with Gasteiger partial charge in [0.15, 0.2) is 0 Å². The average molecular weight is 210 g/mol. The van der Waals surface area contributed by atoms with Crippen LogP contribution in [-0.2, 0) is 4.79 Å². The molecule has 0 aromatic heterocycles. The molecule has 0 radical (unpaired) electrons. The van der Waals surface area contributed by atoms with Gasteiger partial charge in [0.1, 0.15) is 0 Å². The van der Waals surface area contributed by atoms with Crippen molar-refractivity contribution in [3.8, 4) is 0 Å². The molecule has 0 spiro atoms. The van der Waals surface area contributed by atoms with Crippen molar-refractivity contribution in [1.29, 1.82) is 0 Å². The molecule has 2 aliphatic rings. The van der Waals surface area contributed by atoms with Crippen LogP contribution in [0, 0.1) is 17.8 Å². The summed E-state index contributed by atoms with van der Waals surface area (Å²) in [5, 5.41) is 3.33. The minimum absolute atomic E-state index is 0.195. The maximum atomic E-state index is 11.0. The van der Waals surface area contributed by atoms with Crippen LogP contribution in [0.4, 0.5) is 0 Å². The van der Waals surface area contributed by atoms with Gasteiger partial charge in [0.25, 0.3) is 0 Å². The molecule has 3 N–H and O–H groups in total. The maximum Gasteiger partial charge on any atom is 0.234 e. The zero-order valence-electron chi connectivity index (χ0n) is 9.70. The summed E-state index contributed by atoms with van der Waals surface area (Å²) < 4.78 is 0. The fourth-order valence-corrected chi connectivity index (χ4v) is 3.51. The molecule has 15 heavy (non-hydrogen) atoms. The summed E-state index contributed by atoms with van der Waals surface area (Å²) in [5.41, 5.74) is 5.26. The standard InChI is InChI=1S/C12H22N2O/c1-7(14-8(2)12(13)15)11-6-9-3-4-10(11)5-9/h7-11,14H,3-6H2,1-2H3,(H2,13,15). The Balaban J connectivity index is 1.86. The van der Waals surface area contributed by atoms with Crippen LogP contribution >= 0.6 is 0 Å². The predicted octanol–water partition coefficient (Wildman–Crippen LogP) is 1.27. The highest BCUT2D eigenvalue weighted by molar-refractivity contribution is 5.79. The first kappa shape index (κ1) is 10.9. The van der Waals surface area contributed by atoms with Gasteiger partial charge in [-0.15, -0.1) is 0 Å². The van der Waals surface area contributed by atoms with Crippen molar-refractivity contribution in [1.82, 2.24) is 5.32 Å². The number of carbonyl (C=O) groups excluding carboxylic acids is 1. The van der Waals surface area contributed by atoms with E-state index in [1.54, 1.807) is 0 Å². The Morgan fingerprint density at radius 1 is 1.33 bits per heavy atom. The van der Waals surface area contributed by atoms with Crippen molar-refractivity contribution in [2.75, 3.05) is 0 Å². The summed E-state index contributed by atoms with van der Waals surface area (Å²) in [6.07, 6.45) is 5.59. The van der Waals surface area contributed by atoms with Crippen molar-refractivity contribution in [2.45, 2.75) is 51.6 Å². The number of amides is 1. The lowest BCUT2D eigenvalue weighted by molar-refractivity contribution is -0.119. The average Bonchev–Trinajstić information content (AvgIpc) is 2.78. The zero-order chi connectivity index (χ0) is 11.0. The van der Waals surface area contributed by atoms with Gasteiger partial charge in [-0.25, -0.2) is 0 Å². The molecule has 0 aromatic carbocycles. The number of rotatable bonds is 4. The van der Waals surface area contributed by atoms with E-state index in [2.05, 4.69) is 12.2 Å². The lowest BCUT2D eigenvalue weighted by Gasteiger charge is -2.30. The van der Waals surface area contributed by atoms with E-state index >= 15 is 0 Å². The first-order valence-electron chi connectivity index (χ1n) is 6.13. The number of hydrogen-bond acceptors (Lipinski definition) is 2. The fourth-order valence-electron chi connectivity index (χ4n) is 3.51.